The van der Waals surface area contributed by atoms with E-state index in [1.807, 2.05) is 0 Å². The summed E-state index contributed by atoms with van der Waals surface area (Å²) in [7, 11) is 1.51. The number of aliphatic imine (C=N–C) groups is 1. The van der Waals surface area contributed by atoms with Gasteiger partial charge < -0.3 is 9.84 Å². The lowest BCUT2D eigenvalue weighted by molar-refractivity contribution is 0.136. The Morgan fingerprint density at radius 1 is 1.77 bits per heavy atom. The van der Waals surface area contributed by atoms with Crippen LogP contribution in [-0.2, 0) is 4.74 Å². The highest BCUT2D eigenvalue weighted by Gasteiger charge is 2.25. The van der Waals surface area contributed by atoms with E-state index in [9.17, 15) is 4.79 Å². The Balaban J connectivity index is 2.78. The summed E-state index contributed by atoms with van der Waals surface area (Å²) in [5.41, 5.74) is 0. The predicted molar refractivity (Wildman–Crippen MR) is 48.1 cm³/mol. The van der Waals surface area contributed by atoms with Gasteiger partial charge in [-0.05, 0) is 13.3 Å². The Morgan fingerprint density at radius 2 is 2.46 bits per heavy atom. The van der Waals surface area contributed by atoms with E-state index in [0.717, 1.165) is 6.42 Å². The van der Waals surface area contributed by atoms with Gasteiger partial charge in [0.05, 0.1) is 7.11 Å². The Hall–Kier alpha value is -1.26. The third kappa shape index (κ3) is 2.11. The molecule has 0 spiro atoms. The molecule has 0 radical (unpaired) electrons. The molecule has 0 aliphatic carbocycles. The fraction of sp³-hybridized carbons (Fsp3) is 0.750. The van der Waals surface area contributed by atoms with E-state index < -0.39 is 6.09 Å². The Labute approximate surface area is 77.0 Å². The molecule has 0 fully saturated rings. The summed E-state index contributed by atoms with van der Waals surface area (Å²) in [6, 6.07) is -0.273. The first-order valence-electron chi connectivity index (χ1n) is 4.24. The third-order valence-electron chi connectivity index (χ3n) is 2.10. The first-order chi connectivity index (χ1) is 6.16. The highest BCUT2D eigenvalue weighted by Crippen LogP contribution is 2.08. The van der Waals surface area contributed by atoms with E-state index >= 15 is 0 Å². The van der Waals surface area contributed by atoms with E-state index in [1.165, 1.54) is 12.0 Å². The molecule has 1 rings (SSSR count). The van der Waals surface area contributed by atoms with Gasteiger partial charge in [-0.15, -0.1) is 0 Å². The Morgan fingerprint density at radius 3 is 3.00 bits per heavy atom. The molecular formula is C8H14N2O3. The van der Waals surface area contributed by atoms with E-state index in [4.69, 9.17) is 9.84 Å². The van der Waals surface area contributed by atoms with Crippen LogP contribution < -0.4 is 0 Å². The zero-order chi connectivity index (χ0) is 9.84. The zero-order valence-corrected chi connectivity index (χ0v) is 7.86. The molecule has 1 unspecified atom stereocenters. The van der Waals surface area contributed by atoms with Crippen LogP contribution in [0.25, 0.3) is 0 Å². The number of hydrogen-bond acceptors (Lipinski definition) is 3. The minimum atomic E-state index is -0.917. The smallest absolute Gasteiger partial charge is 0.407 e. The monoisotopic (exact) mass is 186 g/mol. The third-order valence-corrected chi connectivity index (χ3v) is 2.10. The number of nitrogens with zero attached hydrogens (tertiary/aromatic N) is 2. The van der Waals surface area contributed by atoms with E-state index in [2.05, 4.69) is 4.99 Å². The average molecular weight is 186 g/mol. The fourth-order valence-electron chi connectivity index (χ4n) is 1.39. The van der Waals surface area contributed by atoms with Gasteiger partial charge in [-0.2, -0.15) is 0 Å². The first-order valence-corrected chi connectivity index (χ1v) is 4.24. The number of methoxy groups -OCH3 is 1. The van der Waals surface area contributed by atoms with E-state index in [0.29, 0.717) is 19.0 Å². The summed E-state index contributed by atoms with van der Waals surface area (Å²) < 4.78 is 5.01. The summed E-state index contributed by atoms with van der Waals surface area (Å²) >= 11 is 0. The van der Waals surface area contributed by atoms with Gasteiger partial charge in [-0.3, -0.25) is 9.89 Å². The molecular weight excluding hydrogens is 172 g/mol. The molecule has 0 aromatic carbocycles. The summed E-state index contributed by atoms with van der Waals surface area (Å²) in [4.78, 5) is 16.3. The maximum atomic E-state index is 10.8. The van der Waals surface area contributed by atoms with Gasteiger partial charge in [-0.1, -0.05) is 0 Å². The van der Waals surface area contributed by atoms with Crippen LogP contribution in [0.1, 0.15) is 13.3 Å². The van der Waals surface area contributed by atoms with Gasteiger partial charge in [0.15, 0.2) is 0 Å². The van der Waals surface area contributed by atoms with Crippen LogP contribution in [0.3, 0.4) is 0 Å². The average Bonchev–Trinajstić information content (AvgIpc) is 2.26. The van der Waals surface area contributed by atoms with E-state index in [-0.39, 0.29) is 6.04 Å². The Kier molecular flexibility index (Phi) is 3.11. The second-order valence-corrected chi connectivity index (χ2v) is 2.93. The molecule has 0 aromatic heterocycles. The summed E-state index contributed by atoms with van der Waals surface area (Å²) in [6.07, 6.45) is -0.164. The molecule has 0 saturated carbocycles. The molecule has 1 heterocycles. The number of carbonyl (C=O) groups is 1. The number of hydrogen-bond donors (Lipinski definition) is 1. The summed E-state index contributed by atoms with van der Waals surface area (Å²) in [6.45, 7) is 2.94. The van der Waals surface area contributed by atoms with Crippen molar-refractivity contribution in [2.45, 2.75) is 19.4 Å². The molecule has 5 heteroatoms. The minimum absolute atomic E-state index is 0.273. The van der Waals surface area contributed by atoms with Gasteiger partial charge in [0, 0.05) is 13.1 Å². The molecule has 1 aliphatic rings. The molecule has 1 aliphatic heterocycles. The van der Waals surface area contributed by atoms with Gasteiger partial charge >= 0.3 is 6.09 Å². The topological polar surface area (TPSA) is 62.1 Å². The van der Waals surface area contributed by atoms with Crippen LogP contribution in [0.4, 0.5) is 4.79 Å². The number of ether oxygens (including phenoxy) is 1. The van der Waals surface area contributed by atoms with Crippen molar-refractivity contribution in [1.29, 1.82) is 0 Å². The van der Waals surface area contributed by atoms with Crippen LogP contribution in [0.2, 0.25) is 0 Å². The molecule has 0 aromatic rings. The summed E-state index contributed by atoms with van der Waals surface area (Å²) in [5.74, 6) is 0.500. The first kappa shape index (κ1) is 9.83. The lowest BCUT2D eigenvalue weighted by atomic mass is 10.3. The highest BCUT2D eigenvalue weighted by atomic mass is 16.5. The van der Waals surface area contributed by atoms with Crippen molar-refractivity contribution >= 4 is 12.0 Å². The molecule has 13 heavy (non-hydrogen) atoms. The van der Waals surface area contributed by atoms with Crippen molar-refractivity contribution in [2.24, 2.45) is 4.99 Å². The maximum Gasteiger partial charge on any atom is 0.407 e. The lowest BCUT2D eigenvalue weighted by Gasteiger charge is -2.23. The van der Waals surface area contributed by atoms with Crippen molar-refractivity contribution in [3.8, 4) is 0 Å². The quantitative estimate of drug-likeness (QED) is 0.608. The SMILES string of the molecule is COC1=NCCCN(C(=O)O)C1C. The van der Waals surface area contributed by atoms with Crippen molar-refractivity contribution in [3.05, 3.63) is 0 Å². The largest absolute Gasteiger partial charge is 0.483 e. The lowest BCUT2D eigenvalue weighted by Crippen LogP contribution is -2.42. The fourth-order valence-corrected chi connectivity index (χ4v) is 1.39. The molecule has 1 atom stereocenters. The van der Waals surface area contributed by atoms with Gasteiger partial charge in [0.25, 0.3) is 0 Å². The maximum absolute atomic E-state index is 10.8. The molecule has 1 N–H and O–H groups in total. The minimum Gasteiger partial charge on any atom is -0.483 e. The van der Waals surface area contributed by atoms with Crippen LogP contribution in [-0.4, -0.2) is 48.2 Å². The summed E-state index contributed by atoms with van der Waals surface area (Å²) in [5, 5.41) is 8.86. The predicted octanol–water partition coefficient (Wildman–Crippen LogP) is 0.803. The molecule has 0 bridgehead atoms. The normalized spacial score (nSPS) is 23.4. The van der Waals surface area contributed by atoms with Crippen molar-refractivity contribution in [1.82, 2.24) is 4.90 Å². The van der Waals surface area contributed by atoms with Crippen LogP contribution in [0, 0.1) is 0 Å². The van der Waals surface area contributed by atoms with E-state index in [1.54, 1.807) is 6.92 Å². The second-order valence-electron chi connectivity index (χ2n) is 2.93. The van der Waals surface area contributed by atoms with Gasteiger partial charge in [-0.25, -0.2) is 4.79 Å². The standard InChI is InChI=1S/C8H14N2O3/c1-6-7(13-2)9-4-3-5-10(6)8(11)12/h6H,3-5H2,1-2H3,(H,11,12). The zero-order valence-electron chi connectivity index (χ0n) is 7.86. The van der Waals surface area contributed by atoms with Gasteiger partial charge in [0.1, 0.15) is 6.04 Å². The number of carboxylic acid groups (broad SMARTS) is 1. The number of amides is 1. The van der Waals surface area contributed by atoms with Crippen LogP contribution in [0.5, 0.6) is 0 Å². The van der Waals surface area contributed by atoms with Gasteiger partial charge in [0.2, 0.25) is 5.90 Å². The van der Waals surface area contributed by atoms with Crippen molar-refractivity contribution in [2.75, 3.05) is 20.2 Å². The molecule has 5 nitrogen and oxygen atoms in total. The second kappa shape index (κ2) is 4.11. The Bertz CT molecular complexity index is 227. The number of rotatable bonds is 0. The highest BCUT2D eigenvalue weighted by molar-refractivity contribution is 5.85. The van der Waals surface area contributed by atoms with Crippen molar-refractivity contribution in [3.63, 3.8) is 0 Å². The molecule has 1 amide bonds. The molecule has 0 saturated heterocycles. The van der Waals surface area contributed by atoms with Crippen LogP contribution >= 0.6 is 0 Å². The van der Waals surface area contributed by atoms with Crippen LogP contribution in [0.15, 0.2) is 4.99 Å². The van der Waals surface area contributed by atoms with Crippen molar-refractivity contribution < 1.29 is 14.6 Å². The molecule has 74 valence electrons.